The fourth-order valence-electron chi connectivity index (χ4n) is 2.23. The highest BCUT2D eigenvalue weighted by atomic mass is 32.2. The molecule has 0 radical (unpaired) electrons. The van der Waals surface area contributed by atoms with Crippen LogP contribution in [0.3, 0.4) is 0 Å². The standard InChI is InChI=1S/C12H24N4S3/c1-11-9-15(10-12(2)16(11)6-5-13)19-8-4-7-18-14-17-3/h11-12,14H,4,6-10H2,1-3H3. The summed E-state index contributed by atoms with van der Waals surface area (Å²) in [4.78, 5) is 2.30. The highest BCUT2D eigenvalue weighted by Gasteiger charge is 2.29. The maximum atomic E-state index is 8.84. The summed E-state index contributed by atoms with van der Waals surface area (Å²) < 4.78 is 5.66. The van der Waals surface area contributed by atoms with E-state index in [2.05, 4.69) is 33.2 Å². The van der Waals surface area contributed by atoms with Crippen LogP contribution in [-0.2, 0) is 0 Å². The Kier molecular flexibility index (Phi) is 9.37. The summed E-state index contributed by atoms with van der Waals surface area (Å²) in [5, 5.41) is 8.84. The fraction of sp³-hybridized carbons (Fsp3) is 0.917. The Morgan fingerprint density at radius 2 is 1.95 bits per heavy atom. The van der Waals surface area contributed by atoms with Gasteiger partial charge in [-0.1, -0.05) is 35.8 Å². The maximum absolute atomic E-state index is 8.84. The van der Waals surface area contributed by atoms with Gasteiger partial charge in [0.15, 0.2) is 0 Å². The summed E-state index contributed by atoms with van der Waals surface area (Å²) in [7, 11) is 0. The van der Waals surface area contributed by atoms with Crippen LogP contribution in [0, 0.1) is 11.3 Å². The number of hydrogen-bond acceptors (Lipinski definition) is 7. The third-order valence-corrected chi connectivity index (χ3v) is 5.89. The lowest BCUT2D eigenvalue weighted by molar-refractivity contribution is 0.0964. The van der Waals surface area contributed by atoms with Crippen molar-refractivity contribution in [1.29, 1.82) is 5.26 Å². The van der Waals surface area contributed by atoms with Crippen LogP contribution in [0.1, 0.15) is 20.3 Å². The molecule has 0 bridgehead atoms. The zero-order valence-corrected chi connectivity index (χ0v) is 14.4. The van der Waals surface area contributed by atoms with Gasteiger partial charge in [0.1, 0.15) is 0 Å². The summed E-state index contributed by atoms with van der Waals surface area (Å²) in [5.41, 5.74) is 0. The lowest BCUT2D eigenvalue weighted by Gasteiger charge is -2.42. The van der Waals surface area contributed by atoms with Crippen LogP contribution in [0.4, 0.5) is 0 Å². The van der Waals surface area contributed by atoms with E-state index in [0.717, 1.165) is 18.8 Å². The number of nitriles is 1. The third-order valence-electron chi connectivity index (χ3n) is 3.13. The molecular weight excluding hydrogens is 296 g/mol. The molecule has 19 heavy (non-hydrogen) atoms. The second-order valence-electron chi connectivity index (χ2n) is 4.70. The number of nitrogens with zero attached hydrogens (tertiary/aromatic N) is 3. The van der Waals surface area contributed by atoms with Gasteiger partial charge in [-0.25, -0.2) is 8.43 Å². The Morgan fingerprint density at radius 3 is 2.53 bits per heavy atom. The monoisotopic (exact) mass is 320 g/mol. The van der Waals surface area contributed by atoms with Crippen LogP contribution in [0.15, 0.2) is 0 Å². The highest BCUT2D eigenvalue weighted by Crippen LogP contribution is 2.22. The Morgan fingerprint density at radius 1 is 1.26 bits per heavy atom. The van der Waals surface area contributed by atoms with Gasteiger partial charge >= 0.3 is 0 Å². The second kappa shape index (κ2) is 10.2. The van der Waals surface area contributed by atoms with E-state index in [-0.39, 0.29) is 0 Å². The van der Waals surface area contributed by atoms with Gasteiger partial charge in [-0.15, -0.1) is 0 Å². The maximum Gasteiger partial charge on any atom is 0.0871 e. The number of rotatable bonds is 8. The Hall–Kier alpha value is 0.420. The Labute approximate surface area is 130 Å². The van der Waals surface area contributed by atoms with Crippen LogP contribution in [-0.4, -0.2) is 58.7 Å². The topological polar surface area (TPSA) is 42.3 Å². The molecule has 4 nitrogen and oxygen atoms in total. The van der Waals surface area contributed by atoms with Crippen molar-refractivity contribution >= 4 is 35.8 Å². The molecule has 1 N–H and O–H groups in total. The number of piperazine rings is 1. The van der Waals surface area contributed by atoms with Crippen LogP contribution < -0.4 is 4.13 Å². The van der Waals surface area contributed by atoms with E-state index in [4.69, 9.17) is 5.26 Å². The third kappa shape index (κ3) is 6.61. The molecule has 2 atom stereocenters. The van der Waals surface area contributed by atoms with Crippen molar-refractivity contribution in [2.75, 3.05) is 37.4 Å². The molecule has 1 aliphatic heterocycles. The predicted molar refractivity (Wildman–Crippen MR) is 89.0 cm³/mol. The van der Waals surface area contributed by atoms with Crippen molar-refractivity contribution in [2.45, 2.75) is 32.4 Å². The molecule has 7 heteroatoms. The molecule has 1 aliphatic rings. The number of nitrogens with one attached hydrogen (secondary N) is 1. The molecule has 0 amide bonds. The van der Waals surface area contributed by atoms with Crippen LogP contribution in [0.5, 0.6) is 0 Å². The second-order valence-corrected chi connectivity index (χ2v) is 7.65. The highest BCUT2D eigenvalue weighted by molar-refractivity contribution is 8.12. The summed E-state index contributed by atoms with van der Waals surface area (Å²) >= 11 is 5.40. The van der Waals surface area contributed by atoms with Gasteiger partial charge in [0.25, 0.3) is 0 Å². The van der Waals surface area contributed by atoms with Gasteiger partial charge in [-0.2, -0.15) is 5.26 Å². The first-order chi connectivity index (χ1) is 9.19. The molecule has 0 aromatic carbocycles. The van der Waals surface area contributed by atoms with Crippen LogP contribution in [0.25, 0.3) is 0 Å². The Bertz CT molecular complexity index is 273. The first-order valence-electron chi connectivity index (χ1n) is 6.59. The lowest BCUT2D eigenvalue weighted by atomic mass is 10.1. The lowest BCUT2D eigenvalue weighted by Crippen LogP contribution is -2.54. The average molecular weight is 321 g/mol. The first-order valence-corrected chi connectivity index (χ1v) is 9.74. The molecule has 1 heterocycles. The van der Waals surface area contributed by atoms with E-state index in [1.54, 1.807) is 23.9 Å². The van der Waals surface area contributed by atoms with Crippen LogP contribution in [0.2, 0.25) is 0 Å². The van der Waals surface area contributed by atoms with Crippen molar-refractivity contribution in [3.63, 3.8) is 0 Å². The molecule has 1 saturated heterocycles. The van der Waals surface area contributed by atoms with Crippen molar-refractivity contribution in [3.05, 3.63) is 0 Å². The van der Waals surface area contributed by atoms with E-state index >= 15 is 0 Å². The van der Waals surface area contributed by atoms with Gasteiger partial charge in [-0.05, 0) is 26.5 Å². The van der Waals surface area contributed by atoms with Gasteiger partial charge in [0.2, 0.25) is 0 Å². The smallest absolute Gasteiger partial charge is 0.0871 e. The SMILES string of the molecule is CSNSCCCSN1CC(C)N(CC#N)C(C)C1. The van der Waals surface area contributed by atoms with Crippen molar-refractivity contribution in [3.8, 4) is 6.07 Å². The Balaban J connectivity index is 2.17. The average Bonchev–Trinajstić information content (AvgIpc) is 2.38. The largest absolute Gasteiger partial charge is 0.283 e. The molecule has 0 aliphatic carbocycles. The summed E-state index contributed by atoms with van der Waals surface area (Å²) in [6.07, 6.45) is 3.27. The first kappa shape index (κ1) is 17.5. The van der Waals surface area contributed by atoms with Crippen LogP contribution >= 0.6 is 35.8 Å². The van der Waals surface area contributed by atoms with Crippen molar-refractivity contribution in [1.82, 2.24) is 13.3 Å². The van der Waals surface area contributed by atoms with Crippen molar-refractivity contribution < 1.29 is 0 Å². The van der Waals surface area contributed by atoms with E-state index in [1.165, 1.54) is 12.2 Å². The summed E-state index contributed by atoms with van der Waals surface area (Å²) in [6.45, 7) is 7.12. The zero-order chi connectivity index (χ0) is 14.1. The quantitative estimate of drug-likeness (QED) is 0.418. The number of hydrogen-bond donors (Lipinski definition) is 1. The molecule has 0 aromatic heterocycles. The fourth-order valence-corrected chi connectivity index (χ4v) is 4.68. The van der Waals surface area contributed by atoms with E-state index in [9.17, 15) is 0 Å². The minimum Gasteiger partial charge on any atom is -0.283 e. The summed E-state index contributed by atoms with van der Waals surface area (Å²) in [5.74, 6) is 2.34. The summed E-state index contributed by atoms with van der Waals surface area (Å²) in [6, 6.07) is 3.22. The molecule has 110 valence electrons. The van der Waals surface area contributed by atoms with Crippen molar-refractivity contribution in [2.24, 2.45) is 0 Å². The van der Waals surface area contributed by atoms with Gasteiger partial charge in [0, 0.05) is 36.7 Å². The van der Waals surface area contributed by atoms with E-state index < -0.39 is 0 Å². The molecule has 0 aromatic rings. The minimum absolute atomic E-state index is 0.475. The van der Waals surface area contributed by atoms with Gasteiger partial charge in [0.05, 0.1) is 12.6 Å². The van der Waals surface area contributed by atoms with E-state index in [0.29, 0.717) is 18.6 Å². The predicted octanol–water partition coefficient (Wildman–Crippen LogP) is 2.46. The molecule has 1 rings (SSSR count). The zero-order valence-electron chi connectivity index (χ0n) is 12.0. The van der Waals surface area contributed by atoms with Gasteiger partial charge in [-0.3, -0.25) is 4.90 Å². The minimum atomic E-state index is 0.475. The molecular formula is C12H24N4S3. The molecule has 0 saturated carbocycles. The molecule has 1 fully saturated rings. The molecule has 2 unspecified atom stereocenters. The van der Waals surface area contributed by atoms with Gasteiger partial charge < -0.3 is 0 Å². The molecule has 0 spiro atoms. The normalized spacial score (nSPS) is 25.4. The van der Waals surface area contributed by atoms with E-state index in [1.807, 2.05) is 18.2 Å².